The lowest BCUT2D eigenvalue weighted by Gasteiger charge is -2.10. The molecule has 0 radical (unpaired) electrons. The van der Waals surface area contributed by atoms with E-state index in [1.54, 1.807) is 30.3 Å². The second kappa shape index (κ2) is 10.3. The maximum atomic E-state index is 13.5. The van der Waals surface area contributed by atoms with Crippen LogP contribution in [0.15, 0.2) is 42.5 Å². The molecule has 0 unspecified atom stereocenters. The summed E-state index contributed by atoms with van der Waals surface area (Å²) < 4.78 is 28.6. The molecule has 2 aromatic carbocycles. The van der Waals surface area contributed by atoms with Crippen LogP contribution in [0.4, 0.5) is 4.39 Å². The molecule has 2 rings (SSSR count). The Morgan fingerprint density at radius 3 is 2.61 bits per heavy atom. The van der Waals surface area contributed by atoms with Gasteiger partial charge in [-0.05, 0) is 29.8 Å². The van der Waals surface area contributed by atoms with E-state index in [0.717, 1.165) is 6.08 Å². The van der Waals surface area contributed by atoms with Gasteiger partial charge in [-0.1, -0.05) is 29.8 Å². The van der Waals surface area contributed by atoms with Crippen LogP contribution in [0.5, 0.6) is 11.5 Å². The monoisotopic (exact) mass is 407 g/mol. The predicted octanol–water partition coefficient (Wildman–Crippen LogP) is 3.37. The Labute approximate surface area is 166 Å². The Morgan fingerprint density at radius 1 is 1.18 bits per heavy atom. The first-order valence-electron chi connectivity index (χ1n) is 8.21. The first-order chi connectivity index (χ1) is 13.4. The number of nitrogens with one attached hydrogen (secondary N) is 1. The van der Waals surface area contributed by atoms with Gasteiger partial charge in [0.1, 0.15) is 5.82 Å². The van der Waals surface area contributed by atoms with Gasteiger partial charge in [-0.3, -0.25) is 4.79 Å². The van der Waals surface area contributed by atoms with Gasteiger partial charge in [0.15, 0.2) is 18.1 Å². The molecular weight excluding hydrogens is 389 g/mol. The van der Waals surface area contributed by atoms with Crippen LogP contribution in [0.2, 0.25) is 5.02 Å². The summed E-state index contributed by atoms with van der Waals surface area (Å²) in [6, 6.07) is 9.30. The maximum Gasteiger partial charge on any atom is 0.331 e. The fraction of sp³-hybridized carbons (Fsp3) is 0.200. The second-order valence-electron chi connectivity index (χ2n) is 5.55. The second-order valence-corrected chi connectivity index (χ2v) is 5.95. The van der Waals surface area contributed by atoms with Crippen molar-refractivity contribution in [2.45, 2.75) is 6.54 Å². The maximum absolute atomic E-state index is 13.5. The first-order valence-corrected chi connectivity index (χ1v) is 8.59. The van der Waals surface area contributed by atoms with Crippen molar-refractivity contribution in [3.8, 4) is 11.5 Å². The van der Waals surface area contributed by atoms with E-state index in [1.165, 1.54) is 26.4 Å². The standard InChI is InChI=1S/C20H19ClFNO5/c1-26-17-10-13(9-15(21)20(17)27-2)7-8-19(25)28-12-18(24)23-11-14-5-3-4-6-16(14)22/h3-10H,11-12H2,1-2H3,(H,23,24)/b8-7+. The molecule has 0 bridgehead atoms. The number of amides is 1. The SMILES string of the molecule is COc1cc(/C=C/C(=O)OCC(=O)NCc2ccccc2F)cc(Cl)c1OC. The van der Waals surface area contributed by atoms with Crippen LogP contribution in [0.25, 0.3) is 6.08 Å². The van der Waals surface area contributed by atoms with Crippen molar-refractivity contribution in [1.29, 1.82) is 0 Å². The minimum absolute atomic E-state index is 0.00301. The van der Waals surface area contributed by atoms with E-state index >= 15 is 0 Å². The lowest BCUT2D eigenvalue weighted by molar-refractivity contribution is -0.143. The highest BCUT2D eigenvalue weighted by Crippen LogP contribution is 2.36. The number of esters is 1. The van der Waals surface area contributed by atoms with Gasteiger partial charge in [0.05, 0.1) is 19.2 Å². The quantitative estimate of drug-likeness (QED) is 0.536. The van der Waals surface area contributed by atoms with E-state index in [9.17, 15) is 14.0 Å². The molecule has 0 aliphatic carbocycles. The van der Waals surface area contributed by atoms with Crippen LogP contribution in [0.1, 0.15) is 11.1 Å². The van der Waals surface area contributed by atoms with Crippen molar-refractivity contribution in [1.82, 2.24) is 5.32 Å². The largest absolute Gasteiger partial charge is 0.493 e. The van der Waals surface area contributed by atoms with E-state index in [-0.39, 0.29) is 6.54 Å². The third-order valence-corrected chi connectivity index (χ3v) is 3.93. The van der Waals surface area contributed by atoms with Crippen LogP contribution < -0.4 is 14.8 Å². The number of carbonyl (C=O) groups is 2. The van der Waals surface area contributed by atoms with Crippen molar-refractivity contribution >= 4 is 29.6 Å². The molecule has 0 aliphatic heterocycles. The van der Waals surface area contributed by atoms with E-state index < -0.39 is 24.3 Å². The van der Waals surface area contributed by atoms with Gasteiger partial charge in [0.25, 0.3) is 5.91 Å². The van der Waals surface area contributed by atoms with Crippen LogP contribution in [-0.2, 0) is 20.9 Å². The molecule has 1 N–H and O–H groups in total. The number of carbonyl (C=O) groups excluding carboxylic acids is 2. The lowest BCUT2D eigenvalue weighted by atomic mass is 10.2. The zero-order valence-electron chi connectivity index (χ0n) is 15.3. The summed E-state index contributed by atoms with van der Waals surface area (Å²) in [6.07, 6.45) is 2.62. The minimum Gasteiger partial charge on any atom is -0.493 e. The van der Waals surface area contributed by atoms with Crippen molar-refractivity contribution in [3.05, 3.63) is 64.4 Å². The average molecular weight is 408 g/mol. The summed E-state index contributed by atoms with van der Waals surface area (Å²) >= 11 is 6.09. The normalized spacial score (nSPS) is 10.6. The molecule has 0 saturated carbocycles. The highest BCUT2D eigenvalue weighted by Gasteiger charge is 2.10. The van der Waals surface area contributed by atoms with Gasteiger partial charge in [0.2, 0.25) is 0 Å². The van der Waals surface area contributed by atoms with E-state index in [4.69, 9.17) is 25.8 Å². The van der Waals surface area contributed by atoms with Gasteiger partial charge >= 0.3 is 5.97 Å². The fourth-order valence-corrected chi connectivity index (χ4v) is 2.57. The van der Waals surface area contributed by atoms with E-state index in [2.05, 4.69) is 5.32 Å². The molecular formula is C20H19ClFNO5. The number of halogens is 2. The molecule has 0 spiro atoms. The third-order valence-electron chi connectivity index (χ3n) is 3.65. The predicted molar refractivity (Wildman–Crippen MR) is 103 cm³/mol. The molecule has 2 aromatic rings. The number of hydrogen-bond acceptors (Lipinski definition) is 5. The Morgan fingerprint density at radius 2 is 1.93 bits per heavy atom. The highest BCUT2D eigenvalue weighted by atomic mass is 35.5. The molecule has 0 aromatic heterocycles. The van der Waals surface area contributed by atoms with Crippen molar-refractivity contribution < 1.29 is 28.2 Å². The third kappa shape index (κ3) is 5.99. The van der Waals surface area contributed by atoms with E-state index in [0.29, 0.717) is 27.6 Å². The minimum atomic E-state index is -0.716. The Balaban J connectivity index is 1.86. The number of hydrogen-bond donors (Lipinski definition) is 1. The fourth-order valence-electron chi connectivity index (χ4n) is 2.27. The van der Waals surface area contributed by atoms with Crippen LogP contribution in [0, 0.1) is 5.82 Å². The topological polar surface area (TPSA) is 73.9 Å². The molecule has 0 aliphatic rings. The number of benzene rings is 2. The molecule has 0 heterocycles. The summed E-state index contributed by atoms with van der Waals surface area (Å²) in [6.45, 7) is -0.479. The summed E-state index contributed by atoms with van der Waals surface area (Å²) in [7, 11) is 2.93. The van der Waals surface area contributed by atoms with Gasteiger partial charge < -0.3 is 19.5 Å². The summed E-state index contributed by atoms with van der Waals surface area (Å²) in [5.41, 5.74) is 0.927. The van der Waals surface area contributed by atoms with E-state index in [1.807, 2.05) is 0 Å². The highest BCUT2D eigenvalue weighted by molar-refractivity contribution is 6.32. The molecule has 0 fully saturated rings. The zero-order chi connectivity index (χ0) is 20.5. The molecule has 0 saturated heterocycles. The molecule has 28 heavy (non-hydrogen) atoms. The number of methoxy groups -OCH3 is 2. The van der Waals surface area contributed by atoms with Gasteiger partial charge in [0, 0.05) is 18.2 Å². The van der Waals surface area contributed by atoms with Crippen LogP contribution in [-0.4, -0.2) is 32.7 Å². The van der Waals surface area contributed by atoms with Crippen LogP contribution >= 0.6 is 11.6 Å². The number of ether oxygens (including phenoxy) is 3. The van der Waals surface area contributed by atoms with Gasteiger partial charge in [-0.2, -0.15) is 0 Å². The first kappa shape index (κ1) is 21.2. The average Bonchev–Trinajstić information content (AvgIpc) is 2.69. The molecule has 6 nitrogen and oxygen atoms in total. The molecule has 0 atom stereocenters. The number of rotatable bonds is 8. The summed E-state index contributed by atoms with van der Waals surface area (Å²) in [5, 5.41) is 2.80. The van der Waals surface area contributed by atoms with Crippen molar-refractivity contribution in [2.24, 2.45) is 0 Å². The smallest absolute Gasteiger partial charge is 0.331 e. The summed E-state index contributed by atoms with van der Waals surface area (Å²) in [4.78, 5) is 23.5. The van der Waals surface area contributed by atoms with Crippen molar-refractivity contribution in [3.63, 3.8) is 0 Å². The molecule has 1 amide bonds. The lowest BCUT2D eigenvalue weighted by Crippen LogP contribution is -2.28. The Kier molecular flexibility index (Phi) is 7.83. The zero-order valence-corrected chi connectivity index (χ0v) is 16.1. The molecule has 8 heteroatoms. The van der Waals surface area contributed by atoms with Gasteiger partial charge in [-0.15, -0.1) is 0 Å². The van der Waals surface area contributed by atoms with Crippen LogP contribution in [0.3, 0.4) is 0 Å². The Hall–Kier alpha value is -3.06. The molecule has 148 valence electrons. The van der Waals surface area contributed by atoms with Gasteiger partial charge in [-0.25, -0.2) is 9.18 Å². The Bertz CT molecular complexity index is 885. The summed E-state index contributed by atoms with van der Waals surface area (Å²) in [5.74, 6) is -0.881. The van der Waals surface area contributed by atoms with Crippen molar-refractivity contribution in [2.75, 3.05) is 20.8 Å².